The molecule has 108 valence electrons. The van der Waals surface area contributed by atoms with Gasteiger partial charge in [-0.25, -0.2) is 8.42 Å². The van der Waals surface area contributed by atoms with Gasteiger partial charge in [0.15, 0.2) is 0 Å². The average Bonchev–Trinajstić information content (AvgIpc) is 2.93. The molecule has 2 heterocycles. The van der Waals surface area contributed by atoms with Crippen LogP contribution in [0.3, 0.4) is 0 Å². The largest absolute Gasteiger partial charge is 0.396 e. The summed E-state index contributed by atoms with van der Waals surface area (Å²) in [5.74, 6) is 0. The summed E-state index contributed by atoms with van der Waals surface area (Å²) in [5.41, 5.74) is 0. The van der Waals surface area contributed by atoms with Crippen molar-refractivity contribution in [3.05, 3.63) is 14.7 Å². The molecule has 1 saturated heterocycles. The number of nitrogens with zero attached hydrogens (tertiary/aromatic N) is 1. The van der Waals surface area contributed by atoms with Crippen LogP contribution in [0.5, 0.6) is 0 Å². The van der Waals surface area contributed by atoms with E-state index in [1.165, 1.54) is 11.3 Å². The van der Waals surface area contributed by atoms with Crippen molar-refractivity contribution in [3.8, 4) is 0 Å². The van der Waals surface area contributed by atoms with Crippen LogP contribution >= 0.6 is 27.3 Å². The first-order chi connectivity index (χ1) is 8.96. The van der Waals surface area contributed by atoms with Crippen molar-refractivity contribution in [2.45, 2.75) is 43.5 Å². The van der Waals surface area contributed by atoms with Gasteiger partial charge >= 0.3 is 0 Å². The molecule has 1 unspecified atom stereocenters. The Balaban J connectivity index is 2.26. The van der Waals surface area contributed by atoms with E-state index in [1.807, 2.05) is 6.92 Å². The van der Waals surface area contributed by atoms with Gasteiger partial charge in [0, 0.05) is 24.1 Å². The van der Waals surface area contributed by atoms with Crippen LogP contribution in [0.4, 0.5) is 0 Å². The summed E-state index contributed by atoms with van der Waals surface area (Å²) in [6.07, 6.45) is 3.19. The van der Waals surface area contributed by atoms with Crippen molar-refractivity contribution in [2.24, 2.45) is 0 Å². The van der Waals surface area contributed by atoms with Gasteiger partial charge in [-0.15, -0.1) is 11.3 Å². The first-order valence-electron chi connectivity index (χ1n) is 6.35. The molecule has 1 fully saturated rings. The van der Waals surface area contributed by atoms with Crippen molar-refractivity contribution in [3.63, 3.8) is 0 Å². The highest BCUT2D eigenvalue weighted by atomic mass is 79.9. The maximum absolute atomic E-state index is 12.7. The van der Waals surface area contributed by atoms with Gasteiger partial charge in [-0.05, 0) is 54.6 Å². The van der Waals surface area contributed by atoms with E-state index >= 15 is 0 Å². The van der Waals surface area contributed by atoms with Crippen LogP contribution in [-0.2, 0) is 10.0 Å². The second-order valence-electron chi connectivity index (χ2n) is 4.75. The fourth-order valence-corrected chi connectivity index (χ4v) is 6.66. The third kappa shape index (κ3) is 3.21. The van der Waals surface area contributed by atoms with Crippen LogP contribution in [0.2, 0.25) is 0 Å². The van der Waals surface area contributed by atoms with E-state index in [9.17, 15) is 8.42 Å². The standard InChI is InChI=1S/C12H18BrNO3S2/c1-9-11(8-12(13)18-9)19(16,17)14-6-2-4-10(14)5-3-7-15/h8,10,15H,2-7H2,1H3. The van der Waals surface area contributed by atoms with Gasteiger partial charge in [-0.3, -0.25) is 0 Å². The Bertz CT molecular complexity index is 541. The maximum atomic E-state index is 12.7. The molecule has 0 amide bonds. The predicted octanol–water partition coefficient (Wildman–Crippen LogP) is 2.74. The van der Waals surface area contributed by atoms with Gasteiger partial charge in [0.2, 0.25) is 10.0 Å². The lowest BCUT2D eigenvalue weighted by Gasteiger charge is -2.23. The number of aryl methyl sites for hydroxylation is 1. The molecule has 0 saturated carbocycles. The molecule has 1 aliphatic heterocycles. The maximum Gasteiger partial charge on any atom is 0.244 e. The summed E-state index contributed by atoms with van der Waals surface area (Å²) in [5, 5.41) is 8.91. The Kier molecular flexibility index (Phi) is 5.05. The topological polar surface area (TPSA) is 57.6 Å². The average molecular weight is 368 g/mol. The molecule has 19 heavy (non-hydrogen) atoms. The van der Waals surface area contributed by atoms with Gasteiger partial charge in [0.05, 0.1) is 8.68 Å². The summed E-state index contributed by atoms with van der Waals surface area (Å²) >= 11 is 4.79. The molecule has 0 bridgehead atoms. The van der Waals surface area contributed by atoms with Crippen LogP contribution < -0.4 is 0 Å². The summed E-state index contributed by atoms with van der Waals surface area (Å²) in [6, 6.07) is 1.73. The molecule has 1 atom stereocenters. The van der Waals surface area contributed by atoms with Gasteiger partial charge in [0.25, 0.3) is 0 Å². The molecule has 7 heteroatoms. The van der Waals surface area contributed by atoms with Crippen LogP contribution in [0, 0.1) is 6.92 Å². The van der Waals surface area contributed by atoms with Crippen molar-refractivity contribution >= 4 is 37.3 Å². The number of halogens is 1. The van der Waals surface area contributed by atoms with Crippen molar-refractivity contribution in [1.29, 1.82) is 0 Å². The van der Waals surface area contributed by atoms with Crippen LogP contribution in [0.25, 0.3) is 0 Å². The summed E-state index contributed by atoms with van der Waals surface area (Å²) in [6.45, 7) is 2.54. The van der Waals surface area contributed by atoms with E-state index in [0.717, 1.165) is 27.9 Å². The molecule has 1 aromatic rings. The van der Waals surface area contributed by atoms with E-state index in [0.29, 0.717) is 17.9 Å². The fraction of sp³-hybridized carbons (Fsp3) is 0.667. The molecule has 0 aliphatic carbocycles. The molecular formula is C12H18BrNO3S2. The number of thiophene rings is 1. The number of aliphatic hydroxyl groups is 1. The third-order valence-electron chi connectivity index (χ3n) is 3.45. The van der Waals surface area contributed by atoms with E-state index in [4.69, 9.17) is 5.11 Å². The molecule has 1 aromatic heterocycles. The Labute approximate surface area is 126 Å². The number of sulfonamides is 1. The molecule has 4 nitrogen and oxygen atoms in total. The number of aliphatic hydroxyl groups excluding tert-OH is 1. The molecular weight excluding hydrogens is 350 g/mol. The van der Waals surface area contributed by atoms with Gasteiger partial charge in [-0.2, -0.15) is 4.31 Å². The normalized spacial score (nSPS) is 21.1. The first-order valence-corrected chi connectivity index (χ1v) is 9.40. The summed E-state index contributed by atoms with van der Waals surface area (Å²) in [7, 11) is -3.40. The zero-order chi connectivity index (χ0) is 14.0. The zero-order valence-corrected chi connectivity index (χ0v) is 14.0. The van der Waals surface area contributed by atoms with Crippen molar-refractivity contribution in [1.82, 2.24) is 4.31 Å². The second kappa shape index (κ2) is 6.22. The quantitative estimate of drug-likeness (QED) is 0.870. The Morgan fingerprint density at radius 2 is 2.32 bits per heavy atom. The minimum absolute atomic E-state index is 0.0372. The van der Waals surface area contributed by atoms with Crippen LogP contribution in [0.15, 0.2) is 14.7 Å². The van der Waals surface area contributed by atoms with Crippen molar-refractivity contribution < 1.29 is 13.5 Å². The lowest BCUT2D eigenvalue weighted by Crippen LogP contribution is -2.35. The Morgan fingerprint density at radius 1 is 1.58 bits per heavy atom. The minimum Gasteiger partial charge on any atom is -0.396 e. The molecule has 2 rings (SSSR count). The van der Waals surface area contributed by atoms with E-state index in [2.05, 4.69) is 15.9 Å². The van der Waals surface area contributed by atoms with Crippen LogP contribution in [-0.4, -0.2) is 37.0 Å². The van der Waals surface area contributed by atoms with Gasteiger partial charge in [-0.1, -0.05) is 0 Å². The van der Waals surface area contributed by atoms with E-state index in [1.54, 1.807) is 10.4 Å². The summed E-state index contributed by atoms with van der Waals surface area (Å²) < 4.78 is 27.8. The Morgan fingerprint density at radius 3 is 2.89 bits per heavy atom. The molecule has 1 N–H and O–H groups in total. The molecule has 1 aliphatic rings. The van der Waals surface area contributed by atoms with E-state index in [-0.39, 0.29) is 12.6 Å². The highest BCUT2D eigenvalue weighted by Crippen LogP contribution is 2.35. The molecule has 0 radical (unpaired) electrons. The second-order valence-corrected chi connectivity index (χ2v) is 9.24. The van der Waals surface area contributed by atoms with Gasteiger partial charge in [0.1, 0.15) is 0 Å². The van der Waals surface area contributed by atoms with Crippen molar-refractivity contribution in [2.75, 3.05) is 13.2 Å². The zero-order valence-electron chi connectivity index (χ0n) is 10.8. The lowest BCUT2D eigenvalue weighted by molar-refractivity contribution is 0.264. The van der Waals surface area contributed by atoms with E-state index < -0.39 is 10.0 Å². The smallest absolute Gasteiger partial charge is 0.244 e. The van der Waals surface area contributed by atoms with Gasteiger partial charge < -0.3 is 5.11 Å². The number of hydrogen-bond acceptors (Lipinski definition) is 4. The van der Waals surface area contributed by atoms with Crippen LogP contribution in [0.1, 0.15) is 30.6 Å². The minimum atomic E-state index is -3.40. The number of hydrogen-bond donors (Lipinski definition) is 1. The molecule has 0 aromatic carbocycles. The lowest BCUT2D eigenvalue weighted by atomic mass is 10.1. The molecule has 0 spiro atoms. The third-order valence-corrected chi connectivity index (χ3v) is 7.21. The number of rotatable bonds is 5. The fourth-order valence-electron chi connectivity index (χ4n) is 2.55. The highest BCUT2D eigenvalue weighted by Gasteiger charge is 2.36. The Hall–Kier alpha value is 0.0500. The monoisotopic (exact) mass is 367 g/mol. The highest BCUT2D eigenvalue weighted by molar-refractivity contribution is 9.11. The predicted molar refractivity (Wildman–Crippen MR) is 80.0 cm³/mol. The summed E-state index contributed by atoms with van der Waals surface area (Å²) in [4.78, 5) is 1.24. The first kappa shape index (κ1) is 15.4. The SMILES string of the molecule is Cc1sc(Br)cc1S(=O)(=O)N1CCCC1CCCO.